The van der Waals surface area contributed by atoms with Gasteiger partial charge in [-0.3, -0.25) is 0 Å². The summed E-state index contributed by atoms with van der Waals surface area (Å²) in [5, 5.41) is 8.45. The second-order valence-electron chi connectivity index (χ2n) is 8.23. The Morgan fingerprint density at radius 2 is 1.21 bits per heavy atom. The van der Waals surface area contributed by atoms with E-state index < -0.39 is 11.9 Å². The maximum atomic E-state index is 12.4. The first-order chi connectivity index (χ1) is 18.6. The van der Waals surface area contributed by atoms with Crippen LogP contribution in [-0.4, -0.2) is 31.8 Å². The van der Waals surface area contributed by atoms with Crippen molar-refractivity contribution in [3.8, 4) is 17.2 Å². The van der Waals surface area contributed by atoms with Crippen molar-refractivity contribution in [3.05, 3.63) is 91.0 Å². The van der Waals surface area contributed by atoms with E-state index in [0.29, 0.717) is 48.9 Å². The smallest absolute Gasteiger partial charge is 0.343 e. The Kier molecular flexibility index (Phi) is 11.5. The molecule has 3 rings (SSSR count). The van der Waals surface area contributed by atoms with Crippen molar-refractivity contribution >= 4 is 23.3 Å². The zero-order valence-electron chi connectivity index (χ0n) is 21.5. The fraction of sp³-hybridized carbons (Fsp3) is 0.267. The first kappa shape index (κ1) is 28.1. The van der Waals surface area contributed by atoms with Crippen molar-refractivity contribution in [2.75, 3.05) is 19.8 Å². The number of unbranched alkanes of at least 4 members (excludes halogenated alkanes) is 2. The average molecular weight is 517 g/mol. The van der Waals surface area contributed by atoms with Crippen LogP contribution in [0.25, 0.3) is 0 Å². The Labute approximate surface area is 222 Å². The standard InChI is InChI=1S/C30H32N2O6/c1-3-5-20-35-26-14-8-23(9-15-26)30(34)38-28-18-12-25(13-19-28)32-31-24-10-16-27(17-11-24)36-21-6-7-22-37-29(33)4-2/h4,8-19H,2-3,5-7,20-22H2,1H3/b32-31+. The summed E-state index contributed by atoms with van der Waals surface area (Å²) in [6.07, 6.45) is 4.67. The molecule has 0 saturated carbocycles. The molecule has 0 heterocycles. The van der Waals surface area contributed by atoms with Crippen LogP contribution in [0, 0.1) is 0 Å². The normalized spacial score (nSPS) is 10.7. The summed E-state index contributed by atoms with van der Waals surface area (Å²) in [7, 11) is 0. The van der Waals surface area contributed by atoms with Gasteiger partial charge in [0.25, 0.3) is 0 Å². The van der Waals surface area contributed by atoms with Crippen LogP contribution in [0.3, 0.4) is 0 Å². The predicted octanol–water partition coefficient (Wildman–Crippen LogP) is 7.39. The minimum Gasteiger partial charge on any atom is -0.494 e. The van der Waals surface area contributed by atoms with Crippen molar-refractivity contribution in [3.63, 3.8) is 0 Å². The van der Waals surface area contributed by atoms with E-state index >= 15 is 0 Å². The molecule has 0 aliphatic heterocycles. The van der Waals surface area contributed by atoms with Gasteiger partial charge in [0.05, 0.1) is 36.8 Å². The van der Waals surface area contributed by atoms with E-state index in [2.05, 4.69) is 23.7 Å². The van der Waals surface area contributed by atoms with Gasteiger partial charge in [-0.1, -0.05) is 19.9 Å². The van der Waals surface area contributed by atoms with Crippen LogP contribution in [0.1, 0.15) is 43.0 Å². The number of benzene rings is 3. The molecule has 0 amide bonds. The Balaban J connectivity index is 1.41. The number of rotatable bonds is 15. The molecule has 198 valence electrons. The van der Waals surface area contributed by atoms with Gasteiger partial charge < -0.3 is 18.9 Å². The summed E-state index contributed by atoms with van der Waals surface area (Å²) >= 11 is 0. The van der Waals surface area contributed by atoms with Crippen LogP contribution in [0.5, 0.6) is 17.2 Å². The Hall–Kier alpha value is -4.46. The molecule has 8 nitrogen and oxygen atoms in total. The van der Waals surface area contributed by atoms with E-state index in [1.807, 2.05) is 12.1 Å². The molecule has 0 aliphatic rings. The van der Waals surface area contributed by atoms with Gasteiger partial charge in [-0.15, -0.1) is 0 Å². The molecule has 3 aromatic rings. The zero-order valence-corrected chi connectivity index (χ0v) is 21.5. The molecule has 0 aromatic heterocycles. The van der Waals surface area contributed by atoms with Crippen LogP contribution in [0.4, 0.5) is 11.4 Å². The van der Waals surface area contributed by atoms with Gasteiger partial charge in [0.15, 0.2) is 0 Å². The van der Waals surface area contributed by atoms with Gasteiger partial charge in [0.1, 0.15) is 17.2 Å². The third-order valence-corrected chi connectivity index (χ3v) is 5.24. The lowest BCUT2D eigenvalue weighted by Gasteiger charge is -2.07. The van der Waals surface area contributed by atoms with E-state index in [9.17, 15) is 9.59 Å². The average Bonchev–Trinajstić information content (AvgIpc) is 2.95. The third-order valence-electron chi connectivity index (χ3n) is 5.24. The second-order valence-corrected chi connectivity index (χ2v) is 8.23. The Morgan fingerprint density at radius 3 is 1.76 bits per heavy atom. The van der Waals surface area contributed by atoms with Crippen LogP contribution in [-0.2, 0) is 9.53 Å². The van der Waals surface area contributed by atoms with Crippen molar-refractivity contribution in [2.24, 2.45) is 10.2 Å². The number of hydrogen-bond acceptors (Lipinski definition) is 8. The van der Waals surface area contributed by atoms with Crippen molar-refractivity contribution in [1.82, 2.24) is 0 Å². The summed E-state index contributed by atoms with van der Waals surface area (Å²) < 4.78 is 21.7. The second kappa shape index (κ2) is 15.6. The quantitative estimate of drug-likeness (QED) is 0.0687. The summed E-state index contributed by atoms with van der Waals surface area (Å²) in [6.45, 7) is 6.98. The molecular weight excluding hydrogens is 484 g/mol. The van der Waals surface area contributed by atoms with E-state index in [1.54, 1.807) is 60.7 Å². The molecule has 38 heavy (non-hydrogen) atoms. The summed E-state index contributed by atoms with van der Waals surface area (Å²) in [6, 6.07) is 20.9. The lowest BCUT2D eigenvalue weighted by molar-refractivity contribution is -0.137. The maximum absolute atomic E-state index is 12.4. The number of azo groups is 1. The highest BCUT2D eigenvalue weighted by Crippen LogP contribution is 2.24. The lowest BCUT2D eigenvalue weighted by Crippen LogP contribution is -2.08. The van der Waals surface area contributed by atoms with Crippen molar-refractivity contribution in [1.29, 1.82) is 0 Å². The fourth-order valence-electron chi connectivity index (χ4n) is 3.12. The number of nitrogens with zero attached hydrogens (tertiary/aromatic N) is 2. The third kappa shape index (κ3) is 9.89. The summed E-state index contributed by atoms with van der Waals surface area (Å²) in [4.78, 5) is 23.4. The zero-order chi connectivity index (χ0) is 27.0. The molecule has 0 saturated heterocycles. The number of carbonyl (C=O) groups excluding carboxylic acids is 2. The highest BCUT2D eigenvalue weighted by Gasteiger charge is 2.09. The number of carbonyl (C=O) groups is 2. The van der Waals surface area contributed by atoms with Gasteiger partial charge >= 0.3 is 11.9 Å². The van der Waals surface area contributed by atoms with Crippen molar-refractivity contribution < 1.29 is 28.5 Å². The largest absolute Gasteiger partial charge is 0.494 e. The first-order valence-corrected chi connectivity index (χ1v) is 12.6. The minimum absolute atomic E-state index is 0.347. The van der Waals surface area contributed by atoms with E-state index in [1.165, 1.54) is 0 Å². The van der Waals surface area contributed by atoms with Crippen LogP contribution in [0.15, 0.2) is 95.7 Å². The molecule has 0 atom stereocenters. The van der Waals surface area contributed by atoms with Gasteiger partial charge in [0.2, 0.25) is 0 Å². The Morgan fingerprint density at radius 1 is 0.711 bits per heavy atom. The molecular formula is C30H32N2O6. The number of ether oxygens (including phenoxy) is 4. The molecule has 0 N–H and O–H groups in total. The Bertz CT molecular complexity index is 1190. The highest BCUT2D eigenvalue weighted by atomic mass is 16.5. The molecule has 0 spiro atoms. The monoisotopic (exact) mass is 516 g/mol. The van der Waals surface area contributed by atoms with Gasteiger partial charge in [-0.25, -0.2) is 9.59 Å². The summed E-state index contributed by atoms with van der Waals surface area (Å²) in [5.74, 6) is 1.00. The van der Waals surface area contributed by atoms with Gasteiger partial charge in [-0.05, 0) is 92.1 Å². The van der Waals surface area contributed by atoms with E-state index in [0.717, 1.165) is 36.8 Å². The minimum atomic E-state index is -0.446. The predicted molar refractivity (Wildman–Crippen MR) is 145 cm³/mol. The van der Waals surface area contributed by atoms with Crippen molar-refractivity contribution in [2.45, 2.75) is 32.6 Å². The molecule has 0 unspecified atom stereocenters. The fourth-order valence-corrected chi connectivity index (χ4v) is 3.12. The number of hydrogen-bond donors (Lipinski definition) is 0. The SMILES string of the molecule is C=CC(=O)OCCCCOc1ccc(/N=N/c2ccc(OC(=O)c3ccc(OCCCC)cc3)cc2)cc1. The lowest BCUT2D eigenvalue weighted by atomic mass is 10.2. The van der Waals surface area contributed by atoms with E-state index in [-0.39, 0.29) is 0 Å². The molecule has 0 radical (unpaired) electrons. The molecule has 0 aliphatic carbocycles. The topological polar surface area (TPSA) is 95.8 Å². The first-order valence-electron chi connectivity index (χ1n) is 12.6. The molecule has 3 aromatic carbocycles. The van der Waals surface area contributed by atoms with Gasteiger partial charge in [-0.2, -0.15) is 10.2 Å². The van der Waals surface area contributed by atoms with Crippen LogP contribution >= 0.6 is 0 Å². The number of esters is 2. The van der Waals surface area contributed by atoms with Crippen LogP contribution in [0.2, 0.25) is 0 Å². The molecule has 8 heteroatoms. The molecule has 0 bridgehead atoms. The van der Waals surface area contributed by atoms with E-state index in [4.69, 9.17) is 18.9 Å². The van der Waals surface area contributed by atoms with Crippen LogP contribution < -0.4 is 14.2 Å². The summed E-state index contributed by atoms with van der Waals surface area (Å²) in [5.41, 5.74) is 1.74. The van der Waals surface area contributed by atoms with Gasteiger partial charge in [0, 0.05) is 6.08 Å². The molecule has 0 fully saturated rings. The maximum Gasteiger partial charge on any atom is 0.343 e. The highest BCUT2D eigenvalue weighted by molar-refractivity contribution is 5.91.